The minimum Gasteiger partial charge on any atom is -0.336 e. The van der Waals surface area contributed by atoms with Crippen LogP contribution in [0.2, 0.25) is 0 Å². The van der Waals surface area contributed by atoms with E-state index >= 15 is 0 Å². The number of hydrogen-bond donors (Lipinski definition) is 2. The molecule has 4 heterocycles. The van der Waals surface area contributed by atoms with E-state index in [0.717, 1.165) is 36.1 Å². The topological polar surface area (TPSA) is 121 Å². The second kappa shape index (κ2) is 6.61. The lowest BCUT2D eigenvalue weighted by Crippen LogP contribution is -2.48. The number of pyridine rings is 1. The van der Waals surface area contributed by atoms with Gasteiger partial charge in [-0.2, -0.15) is 15.4 Å². The molecule has 0 aromatic carbocycles. The van der Waals surface area contributed by atoms with Crippen LogP contribution in [0.5, 0.6) is 0 Å². The molecule has 2 aliphatic rings. The highest BCUT2D eigenvalue weighted by molar-refractivity contribution is 5.93. The normalized spacial score (nSPS) is 20.8. The number of aromatic nitrogens is 6. The molecule has 1 fully saturated rings. The number of carbonyl (C=O) groups is 1. The molecule has 1 amide bonds. The molecule has 0 bridgehead atoms. The van der Waals surface area contributed by atoms with Crippen LogP contribution in [0.15, 0.2) is 29.3 Å². The van der Waals surface area contributed by atoms with Gasteiger partial charge in [0.25, 0.3) is 11.5 Å². The predicted octanol–water partition coefficient (Wildman–Crippen LogP) is 1.38. The van der Waals surface area contributed by atoms with Crippen molar-refractivity contribution in [2.45, 2.75) is 38.0 Å². The first-order chi connectivity index (χ1) is 14.1. The van der Waals surface area contributed by atoms with Crippen LogP contribution in [0.4, 0.5) is 0 Å². The maximum atomic E-state index is 13.0. The van der Waals surface area contributed by atoms with E-state index < -0.39 is 0 Å². The van der Waals surface area contributed by atoms with E-state index in [9.17, 15) is 9.59 Å². The van der Waals surface area contributed by atoms with Gasteiger partial charge in [0.05, 0.1) is 11.4 Å². The zero-order valence-electron chi connectivity index (χ0n) is 16.1. The highest BCUT2D eigenvalue weighted by Crippen LogP contribution is 2.43. The van der Waals surface area contributed by atoms with E-state index in [1.807, 2.05) is 17.0 Å². The lowest BCUT2D eigenvalue weighted by molar-refractivity contribution is 0.0626. The van der Waals surface area contributed by atoms with Crippen molar-refractivity contribution in [1.29, 1.82) is 0 Å². The monoisotopic (exact) mass is 391 g/mol. The Morgan fingerprint density at radius 2 is 2.17 bits per heavy atom. The van der Waals surface area contributed by atoms with Crippen molar-refractivity contribution in [2.75, 3.05) is 13.1 Å². The first-order valence-electron chi connectivity index (χ1n) is 9.78. The summed E-state index contributed by atoms with van der Waals surface area (Å²) in [7, 11) is 0. The number of aromatic amines is 2. The summed E-state index contributed by atoms with van der Waals surface area (Å²) in [5.74, 6) is 0.403. The predicted molar refractivity (Wildman–Crippen MR) is 104 cm³/mol. The molecule has 1 aliphatic heterocycles. The Hall–Kier alpha value is -3.36. The van der Waals surface area contributed by atoms with Crippen molar-refractivity contribution in [2.24, 2.45) is 0 Å². The summed E-state index contributed by atoms with van der Waals surface area (Å²) >= 11 is 0. The molecule has 9 heteroatoms. The summed E-state index contributed by atoms with van der Waals surface area (Å²) in [6, 6.07) is 3.70. The Balaban J connectivity index is 1.53. The SMILES string of the molecule is Cc1n[nH]nc1C(=O)N1CCCC2(CCc3c2nc(-c2cccnc2)[nH]c3=O)C1. The van der Waals surface area contributed by atoms with Gasteiger partial charge in [-0.05, 0) is 44.7 Å². The molecular weight excluding hydrogens is 370 g/mol. The molecule has 3 aromatic rings. The van der Waals surface area contributed by atoms with E-state index in [4.69, 9.17) is 4.98 Å². The van der Waals surface area contributed by atoms with Crippen molar-refractivity contribution >= 4 is 5.91 Å². The fraction of sp³-hybridized carbons (Fsp3) is 0.400. The van der Waals surface area contributed by atoms with Crippen molar-refractivity contribution in [3.8, 4) is 11.4 Å². The number of nitrogens with one attached hydrogen (secondary N) is 2. The minimum absolute atomic E-state index is 0.0958. The smallest absolute Gasteiger partial charge is 0.276 e. The van der Waals surface area contributed by atoms with Crippen LogP contribution >= 0.6 is 0 Å². The first kappa shape index (κ1) is 17.7. The van der Waals surface area contributed by atoms with Crippen molar-refractivity contribution in [3.63, 3.8) is 0 Å². The second-order valence-corrected chi connectivity index (χ2v) is 7.85. The lowest BCUT2D eigenvalue weighted by atomic mass is 9.77. The Labute approximate surface area is 166 Å². The fourth-order valence-corrected chi connectivity index (χ4v) is 4.63. The molecule has 1 aliphatic carbocycles. The van der Waals surface area contributed by atoms with E-state index in [1.54, 1.807) is 19.3 Å². The van der Waals surface area contributed by atoms with Gasteiger partial charge in [-0.25, -0.2) is 4.98 Å². The number of H-pyrrole nitrogens is 2. The zero-order chi connectivity index (χ0) is 20.0. The van der Waals surface area contributed by atoms with Crippen LogP contribution in [-0.2, 0) is 11.8 Å². The summed E-state index contributed by atoms with van der Waals surface area (Å²) in [5, 5.41) is 10.5. The maximum absolute atomic E-state index is 13.0. The summed E-state index contributed by atoms with van der Waals surface area (Å²) in [6.45, 7) is 2.97. The molecule has 148 valence electrons. The Bertz CT molecular complexity index is 1140. The van der Waals surface area contributed by atoms with Crippen molar-refractivity contribution in [1.82, 2.24) is 35.3 Å². The molecule has 3 aromatic heterocycles. The van der Waals surface area contributed by atoms with Crippen molar-refractivity contribution < 1.29 is 4.79 Å². The van der Waals surface area contributed by atoms with Crippen LogP contribution in [0, 0.1) is 6.92 Å². The van der Waals surface area contributed by atoms with Gasteiger partial charge in [0, 0.05) is 42.0 Å². The van der Waals surface area contributed by atoms with Crippen LogP contribution in [-0.4, -0.2) is 54.3 Å². The molecule has 9 nitrogen and oxygen atoms in total. The Kier molecular flexibility index (Phi) is 4.04. The van der Waals surface area contributed by atoms with Gasteiger partial charge < -0.3 is 9.88 Å². The number of piperidine rings is 1. The molecule has 2 N–H and O–H groups in total. The minimum atomic E-state index is -0.300. The van der Waals surface area contributed by atoms with Crippen molar-refractivity contribution in [3.05, 3.63) is 57.5 Å². The van der Waals surface area contributed by atoms with E-state index in [1.165, 1.54) is 0 Å². The van der Waals surface area contributed by atoms with Gasteiger partial charge in [0.15, 0.2) is 5.69 Å². The number of aryl methyl sites for hydroxylation is 1. The molecule has 1 unspecified atom stereocenters. The van der Waals surface area contributed by atoms with Gasteiger partial charge in [-0.1, -0.05) is 0 Å². The third-order valence-electron chi connectivity index (χ3n) is 6.10. The molecular formula is C20H21N7O2. The summed E-state index contributed by atoms with van der Waals surface area (Å²) in [4.78, 5) is 39.5. The summed E-state index contributed by atoms with van der Waals surface area (Å²) in [6.07, 6.45) is 6.64. The van der Waals surface area contributed by atoms with E-state index in [0.29, 0.717) is 36.7 Å². The van der Waals surface area contributed by atoms with E-state index in [-0.39, 0.29) is 16.9 Å². The highest BCUT2D eigenvalue weighted by atomic mass is 16.2. The van der Waals surface area contributed by atoms with Crippen LogP contribution < -0.4 is 5.56 Å². The van der Waals surface area contributed by atoms with Gasteiger partial charge in [0.1, 0.15) is 5.82 Å². The number of likely N-dealkylation sites (tertiary alicyclic amines) is 1. The van der Waals surface area contributed by atoms with Gasteiger partial charge in [-0.3, -0.25) is 14.6 Å². The molecule has 1 atom stereocenters. The Morgan fingerprint density at radius 1 is 1.28 bits per heavy atom. The number of carbonyl (C=O) groups excluding carboxylic acids is 1. The number of fused-ring (bicyclic) bond motifs is 2. The number of hydrogen-bond acceptors (Lipinski definition) is 6. The highest BCUT2D eigenvalue weighted by Gasteiger charge is 2.46. The number of rotatable bonds is 2. The van der Waals surface area contributed by atoms with Crippen LogP contribution in [0.25, 0.3) is 11.4 Å². The summed E-state index contributed by atoms with van der Waals surface area (Å²) < 4.78 is 0. The average Bonchev–Trinajstić information content (AvgIpc) is 3.32. The third kappa shape index (κ3) is 2.84. The van der Waals surface area contributed by atoms with Crippen LogP contribution in [0.3, 0.4) is 0 Å². The number of nitrogens with zero attached hydrogens (tertiary/aromatic N) is 5. The maximum Gasteiger partial charge on any atom is 0.276 e. The fourth-order valence-electron chi connectivity index (χ4n) is 4.63. The molecule has 5 rings (SSSR count). The first-order valence-corrected chi connectivity index (χ1v) is 9.78. The largest absolute Gasteiger partial charge is 0.336 e. The molecule has 1 saturated heterocycles. The standard InChI is InChI=1S/C20H21N7O2/c1-12-15(25-26-24-12)19(29)27-9-3-6-20(11-27)7-5-14-16(20)22-17(23-18(14)28)13-4-2-8-21-10-13/h2,4,8,10H,3,5-7,9,11H2,1H3,(H,22,23,28)(H,24,25,26). The quantitative estimate of drug-likeness (QED) is 0.681. The van der Waals surface area contributed by atoms with Crippen LogP contribution in [0.1, 0.15) is 46.7 Å². The van der Waals surface area contributed by atoms with Gasteiger partial charge in [0.2, 0.25) is 0 Å². The van der Waals surface area contributed by atoms with Gasteiger partial charge in [-0.15, -0.1) is 0 Å². The average molecular weight is 391 g/mol. The molecule has 1 spiro atoms. The third-order valence-corrected chi connectivity index (χ3v) is 6.10. The second-order valence-electron chi connectivity index (χ2n) is 7.85. The number of amides is 1. The molecule has 0 radical (unpaired) electrons. The lowest BCUT2D eigenvalue weighted by Gasteiger charge is -2.40. The van der Waals surface area contributed by atoms with Gasteiger partial charge >= 0.3 is 0 Å². The Morgan fingerprint density at radius 3 is 2.93 bits per heavy atom. The zero-order valence-corrected chi connectivity index (χ0v) is 16.1. The van der Waals surface area contributed by atoms with E-state index in [2.05, 4.69) is 25.4 Å². The molecule has 0 saturated carbocycles. The summed E-state index contributed by atoms with van der Waals surface area (Å²) in [5.41, 5.74) is 2.90. The molecule has 29 heavy (non-hydrogen) atoms.